The molecule has 2 rings (SSSR count). The molecule has 4 N–H and O–H groups in total. The lowest BCUT2D eigenvalue weighted by Crippen LogP contribution is -2.02. The molecule has 0 aliphatic heterocycles. The predicted molar refractivity (Wildman–Crippen MR) is 117 cm³/mol. The highest BCUT2D eigenvalue weighted by atomic mass is 16.5. The number of primary amides is 1. The van der Waals surface area contributed by atoms with Gasteiger partial charge in [-0.15, -0.1) is 0 Å². The van der Waals surface area contributed by atoms with E-state index in [1.807, 2.05) is 37.3 Å². The summed E-state index contributed by atoms with van der Waals surface area (Å²) >= 11 is 0. The van der Waals surface area contributed by atoms with Crippen molar-refractivity contribution >= 4 is 30.7 Å². The molecule has 1 aromatic heterocycles. The van der Waals surface area contributed by atoms with E-state index in [4.69, 9.17) is 15.3 Å². The third-order valence-corrected chi connectivity index (χ3v) is 3.11. The van der Waals surface area contributed by atoms with Crippen LogP contribution in [0.25, 0.3) is 11.3 Å². The van der Waals surface area contributed by atoms with E-state index in [2.05, 4.69) is 41.4 Å². The van der Waals surface area contributed by atoms with Gasteiger partial charge >= 0.3 is 0 Å². The second-order valence-electron chi connectivity index (χ2n) is 5.45. The minimum Gasteiger partial charge on any atom is -0.383 e. The summed E-state index contributed by atoms with van der Waals surface area (Å²) in [5, 5.41) is 4.58. The molecule has 0 spiro atoms. The Bertz CT molecular complexity index is 767. The molecule has 1 heterocycles. The fraction of sp³-hybridized carbons (Fsp3) is 0.300. The second-order valence-corrected chi connectivity index (χ2v) is 5.45. The molecule has 0 saturated carbocycles. The first-order valence-electron chi connectivity index (χ1n) is 8.73. The van der Waals surface area contributed by atoms with Crippen molar-refractivity contribution < 1.29 is 9.53 Å². The molecule has 0 unspecified atom stereocenters. The molecule has 0 fully saturated rings. The third kappa shape index (κ3) is 7.96. The molecule has 0 bridgehead atoms. The average molecular weight is 387 g/mol. The topological polar surface area (TPSA) is 121 Å². The highest BCUT2D eigenvalue weighted by Gasteiger charge is 2.15. The summed E-state index contributed by atoms with van der Waals surface area (Å²) in [6, 6.07) is 9.71. The maximum atomic E-state index is 8.58. The van der Waals surface area contributed by atoms with Gasteiger partial charge in [0.05, 0.1) is 5.69 Å². The molecule has 152 valence electrons. The lowest BCUT2D eigenvalue weighted by atomic mass is 10.1. The first-order valence-corrected chi connectivity index (χ1v) is 8.73. The Kier molecular flexibility index (Phi) is 13.1. The van der Waals surface area contributed by atoms with Crippen molar-refractivity contribution in [3.8, 4) is 5.69 Å². The molecule has 1 aromatic carbocycles. The molecule has 8 nitrogen and oxygen atoms in total. The highest BCUT2D eigenvalue weighted by molar-refractivity contribution is 6.09. The van der Waals surface area contributed by atoms with Crippen molar-refractivity contribution in [1.29, 1.82) is 0 Å². The summed E-state index contributed by atoms with van der Waals surface area (Å²) in [7, 11) is 1.58. The zero-order valence-corrected chi connectivity index (χ0v) is 17.0. The van der Waals surface area contributed by atoms with Gasteiger partial charge < -0.3 is 16.2 Å². The Balaban J connectivity index is 0.00000108. The number of nitrogen functional groups attached to an aromatic ring is 1. The van der Waals surface area contributed by atoms with E-state index in [0.717, 1.165) is 16.8 Å². The molecule has 1 amide bonds. The average Bonchev–Trinajstić information content (AvgIpc) is 2.98. The van der Waals surface area contributed by atoms with Crippen LogP contribution in [0, 0.1) is 6.92 Å². The quantitative estimate of drug-likeness (QED) is 0.585. The van der Waals surface area contributed by atoms with Crippen molar-refractivity contribution in [3.05, 3.63) is 47.8 Å². The molecule has 8 heteroatoms. The number of amides is 1. The Morgan fingerprint density at radius 2 is 1.89 bits per heavy atom. The molecule has 0 radical (unpaired) electrons. The summed E-state index contributed by atoms with van der Waals surface area (Å²) < 4.78 is 6.61. The summed E-state index contributed by atoms with van der Waals surface area (Å²) in [5.74, 6) is 0.580. The number of allylic oxidation sites excluding steroid dienone is 1. The van der Waals surface area contributed by atoms with Gasteiger partial charge in [0.25, 0.3) is 0 Å². The molecular weight excluding hydrogens is 356 g/mol. The lowest BCUT2D eigenvalue weighted by molar-refractivity contribution is -0.106. The Hall–Kier alpha value is -3.26. The van der Waals surface area contributed by atoms with Gasteiger partial charge in [-0.1, -0.05) is 38.5 Å². The Morgan fingerprint density at radius 3 is 2.39 bits per heavy atom. The number of rotatable bonds is 6. The zero-order chi connectivity index (χ0) is 21.4. The van der Waals surface area contributed by atoms with Gasteiger partial charge in [-0.25, -0.2) is 4.68 Å². The number of aromatic nitrogens is 2. The first-order chi connectivity index (χ1) is 13.5. The Labute approximate surface area is 166 Å². The van der Waals surface area contributed by atoms with E-state index in [1.165, 1.54) is 6.42 Å². The summed E-state index contributed by atoms with van der Waals surface area (Å²) in [4.78, 5) is 16.5. The van der Waals surface area contributed by atoms with E-state index >= 15 is 0 Å². The van der Waals surface area contributed by atoms with Gasteiger partial charge in [-0.05, 0) is 25.8 Å². The van der Waals surface area contributed by atoms with Crippen molar-refractivity contribution in [2.75, 3.05) is 19.6 Å². The molecule has 28 heavy (non-hydrogen) atoms. The van der Waals surface area contributed by atoms with Crippen molar-refractivity contribution in [2.45, 2.75) is 27.2 Å². The highest BCUT2D eigenvalue weighted by Crippen LogP contribution is 2.24. The van der Waals surface area contributed by atoms with Crippen LogP contribution < -0.4 is 11.5 Å². The van der Waals surface area contributed by atoms with Crippen LogP contribution in [0.4, 0.5) is 5.82 Å². The predicted octanol–water partition coefficient (Wildman–Crippen LogP) is 3.00. The van der Waals surface area contributed by atoms with E-state index in [1.54, 1.807) is 24.2 Å². The van der Waals surface area contributed by atoms with Crippen LogP contribution in [-0.4, -0.2) is 43.0 Å². The third-order valence-electron chi connectivity index (χ3n) is 3.11. The number of hydrogen-bond acceptors (Lipinski definition) is 6. The van der Waals surface area contributed by atoms with Gasteiger partial charge in [-0.2, -0.15) is 5.10 Å². The number of nitrogens with zero attached hydrogens (tertiary/aromatic N) is 4. The van der Waals surface area contributed by atoms with Crippen LogP contribution in [0.15, 0.2) is 46.5 Å². The fourth-order valence-corrected chi connectivity index (χ4v) is 2.01. The van der Waals surface area contributed by atoms with E-state index in [9.17, 15) is 0 Å². The Morgan fingerprint density at radius 1 is 1.32 bits per heavy atom. The molecule has 0 aliphatic carbocycles. The molecule has 0 atom stereocenters. The van der Waals surface area contributed by atoms with Crippen molar-refractivity contribution in [2.24, 2.45) is 15.7 Å². The van der Waals surface area contributed by atoms with Gasteiger partial charge in [0.2, 0.25) is 6.41 Å². The number of ether oxygens (including phenoxy) is 1. The number of carbonyl (C=O) groups is 1. The maximum Gasteiger partial charge on any atom is 0.204 e. The molecule has 2 aromatic rings. The molecular formula is C20H30N6O2. The number of nitrogens with two attached hydrogens (primary N) is 2. The largest absolute Gasteiger partial charge is 0.383 e. The first kappa shape index (κ1) is 24.7. The number of aliphatic imine (C=N–C) groups is 2. The van der Waals surface area contributed by atoms with Gasteiger partial charge in [0, 0.05) is 30.7 Å². The number of anilines is 1. The van der Waals surface area contributed by atoms with Crippen LogP contribution in [0.1, 0.15) is 31.5 Å². The molecule has 0 saturated heterocycles. The standard InChI is InChI=1S/C16H19N5O.C3H8.CH3NO/c1-12-15(13(9-18-2)10-19-11-22-3)20-21(16(12)17)14-7-5-4-6-8-14;1-3-2;2-1-3/h4-10H,2,11,17H2,1,3H3;3H2,1-2H3;1H,(H2,2,3)/b13-9+,19-10-;;. The van der Waals surface area contributed by atoms with Crippen LogP contribution >= 0.6 is 0 Å². The van der Waals surface area contributed by atoms with Crippen LogP contribution in [0.2, 0.25) is 0 Å². The SMILES string of the molecule is C=N/C=C(\C=N/COC)c1nn(-c2ccccc2)c(N)c1C.CCC.NC=O. The summed E-state index contributed by atoms with van der Waals surface area (Å²) in [6.07, 6.45) is 4.76. The fourth-order valence-electron chi connectivity index (χ4n) is 2.01. The minimum absolute atomic E-state index is 0.250. The normalized spacial score (nSPS) is 10.5. The van der Waals surface area contributed by atoms with Crippen LogP contribution in [0.3, 0.4) is 0 Å². The minimum atomic E-state index is 0.250. The van der Waals surface area contributed by atoms with E-state index < -0.39 is 0 Å². The van der Waals surface area contributed by atoms with E-state index in [0.29, 0.717) is 11.5 Å². The molecule has 0 aliphatic rings. The van der Waals surface area contributed by atoms with Gasteiger partial charge in [0.1, 0.15) is 18.2 Å². The van der Waals surface area contributed by atoms with Crippen molar-refractivity contribution in [3.63, 3.8) is 0 Å². The number of hydrogen-bond donors (Lipinski definition) is 2. The lowest BCUT2D eigenvalue weighted by Gasteiger charge is -2.02. The van der Waals surface area contributed by atoms with Crippen molar-refractivity contribution in [1.82, 2.24) is 9.78 Å². The summed E-state index contributed by atoms with van der Waals surface area (Å²) in [5.41, 5.74) is 13.6. The number of carbonyl (C=O) groups excluding carboxylic acids is 1. The van der Waals surface area contributed by atoms with Gasteiger partial charge in [-0.3, -0.25) is 14.8 Å². The monoisotopic (exact) mass is 386 g/mol. The maximum absolute atomic E-state index is 8.58. The summed E-state index contributed by atoms with van der Waals surface area (Å²) in [6.45, 7) is 9.92. The number of para-hydroxylation sites is 1. The van der Waals surface area contributed by atoms with Crippen LogP contribution in [0.5, 0.6) is 0 Å². The second kappa shape index (κ2) is 14.9. The number of methoxy groups -OCH3 is 1. The van der Waals surface area contributed by atoms with Gasteiger partial charge in [0.15, 0.2) is 0 Å². The number of benzene rings is 1. The smallest absolute Gasteiger partial charge is 0.204 e. The van der Waals surface area contributed by atoms with Crippen LogP contribution in [-0.2, 0) is 9.53 Å². The van der Waals surface area contributed by atoms with E-state index in [-0.39, 0.29) is 13.1 Å². The zero-order valence-electron chi connectivity index (χ0n) is 17.0.